The molecule has 0 heterocycles. The predicted octanol–water partition coefficient (Wildman–Crippen LogP) is 3.07. The second-order valence-corrected chi connectivity index (χ2v) is 5.59. The molecule has 0 fully saturated rings. The van der Waals surface area contributed by atoms with Crippen molar-refractivity contribution in [1.82, 2.24) is 0 Å². The van der Waals surface area contributed by atoms with E-state index in [1.807, 2.05) is 0 Å². The van der Waals surface area contributed by atoms with Gasteiger partial charge in [-0.25, -0.2) is 0 Å². The van der Waals surface area contributed by atoms with E-state index < -0.39 is 11.9 Å². The van der Waals surface area contributed by atoms with E-state index >= 15 is 0 Å². The van der Waals surface area contributed by atoms with Crippen LogP contribution in [0.5, 0.6) is 11.5 Å². The Labute approximate surface area is 146 Å². The zero-order chi connectivity index (χ0) is 18.4. The molecule has 1 atom stereocenters. The molecular formula is C19H21NO5. The standard InChI is InChI=1S/C19H21NO5/c1-12(19(22)23)13-5-4-6-15(9-13)20-18(21)11-14-10-16(24-2)7-8-17(14)25-3/h4-10,12H,11H2,1-3H3,(H,20,21)(H,22,23). The fourth-order valence-electron chi connectivity index (χ4n) is 2.43. The summed E-state index contributed by atoms with van der Waals surface area (Å²) in [5.74, 6) is -0.545. The van der Waals surface area contributed by atoms with Gasteiger partial charge in [-0.1, -0.05) is 12.1 Å². The molecule has 0 spiro atoms. The van der Waals surface area contributed by atoms with Gasteiger partial charge in [0.25, 0.3) is 0 Å². The summed E-state index contributed by atoms with van der Waals surface area (Å²) in [5.41, 5.74) is 1.89. The number of amides is 1. The van der Waals surface area contributed by atoms with Gasteiger partial charge in [0.15, 0.2) is 0 Å². The molecule has 2 aromatic carbocycles. The second kappa shape index (κ2) is 8.19. The number of carbonyl (C=O) groups excluding carboxylic acids is 1. The summed E-state index contributed by atoms with van der Waals surface area (Å²) < 4.78 is 10.4. The van der Waals surface area contributed by atoms with E-state index in [0.717, 1.165) is 0 Å². The van der Waals surface area contributed by atoms with E-state index in [1.165, 1.54) is 0 Å². The van der Waals surface area contributed by atoms with Gasteiger partial charge in [-0.2, -0.15) is 0 Å². The van der Waals surface area contributed by atoms with Crippen LogP contribution >= 0.6 is 0 Å². The second-order valence-electron chi connectivity index (χ2n) is 5.59. The predicted molar refractivity (Wildman–Crippen MR) is 94.4 cm³/mol. The molecule has 6 heteroatoms. The van der Waals surface area contributed by atoms with Crippen LogP contribution in [-0.2, 0) is 16.0 Å². The van der Waals surface area contributed by atoms with Crippen LogP contribution < -0.4 is 14.8 Å². The maximum atomic E-state index is 12.3. The van der Waals surface area contributed by atoms with Gasteiger partial charge in [0.2, 0.25) is 5.91 Å². The SMILES string of the molecule is COc1ccc(OC)c(CC(=O)Nc2cccc(C(C)C(=O)O)c2)c1. The quantitative estimate of drug-likeness (QED) is 0.807. The third-order valence-corrected chi connectivity index (χ3v) is 3.88. The Morgan fingerprint density at radius 2 is 1.88 bits per heavy atom. The van der Waals surface area contributed by atoms with Crippen molar-refractivity contribution < 1.29 is 24.2 Å². The van der Waals surface area contributed by atoms with E-state index in [9.17, 15) is 9.59 Å². The fourth-order valence-corrected chi connectivity index (χ4v) is 2.43. The van der Waals surface area contributed by atoms with Crippen LogP contribution in [0.2, 0.25) is 0 Å². The molecule has 0 bridgehead atoms. The summed E-state index contributed by atoms with van der Waals surface area (Å²) >= 11 is 0. The molecule has 2 rings (SSSR count). The van der Waals surface area contributed by atoms with Crippen molar-refractivity contribution in [2.45, 2.75) is 19.3 Å². The molecule has 0 aliphatic heterocycles. The van der Waals surface area contributed by atoms with Gasteiger partial charge in [-0.3, -0.25) is 9.59 Å². The maximum absolute atomic E-state index is 12.3. The topological polar surface area (TPSA) is 84.9 Å². The van der Waals surface area contributed by atoms with Gasteiger partial charge in [-0.15, -0.1) is 0 Å². The summed E-state index contributed by atoms with van der Waals surface area (Å²) in [6, 6.07) is 12.1. The third kappa shape index (κ3) is 4.73. The normalized spacial score (nSPS) is 11.5. The minimum absolute atomic E-state index is 0.110. The Kier molecular flexibility index (Phi) is 6.00. The highest BCUT2D eigenvalue weighted by atomic mass is 16.5. The Morgan fingerprint density at radius 1 is 1.12 bits per heavy atom. The molecule has 1 unspecified atom stereocenters. The minimum atomic E-state index is -0.912. The molecular weight excluding hydrogens is 322 g/mol. The first-order valence-electron chi connectivity index (χ1n) is 7.78. The average molecular weight is 343 g/mol. The van der Waals surface area contributed by atoms with Gasteiger partial charge in [0.05, 0.1) is 26.6 Å². The molecule has 0 saturated heterocycles. The number of rotatable bonds is 7. The highest BCUT2D eigenvalue weighted by molar-refractivity contribution is 5.93. The molecule has 0 aromatic heterocycles. The number of aliphatic carboxylic acids is 1. The van der Waals surface area contributed by atoms with E-state index in [2.05, 4.69) is 5.32 Å². The molecule has 2 N–H and O–H groups in total. The largest absolute Gasteiger partial charge is 0.497 e. The molecule has 0 radical (unpaired) electrons. The lowest BCUT2D eigenvalue weighted by Gasteiger charge is -2.12. The van der Waals surface area contributed by atoms with Crippen LogP contribution in [0.1, 0.15) is 24.0 Å². The van der Waals surface area contributed by atoms with Crippen LogP contribution in [0.3, 0.4) is 0 Å². The zero-order valence-electron chi connectivity index (χ0n) is 14.4. The first kappa shape index (κ1) is 18.3. The van der Waals surface area contributed by atoms with E-state index in [4.69, 9.17) is 14.6 Å². The van der Waals surface area contributed by atoms with Crippen LogP contribution in [0.4, 0.5) is 5.69 Å². The van der Waals surface area contributed by atoms with Gasteiger partial charge in [0, 0.05) is 11.3 Å². The molecule has 6 nitrogen and oxygen atoms in total. The summed E-state index contributed by atoms with van der Waals surface area (Å²) in [5, 5.41) is 11.9. The number of hydrogen-bond donors (Lipinski definition) is 2. The number of carboxylic acids is 1. The van der Waals surface area contributed by atoms with E-state index in [-0.39, 0.29) is 12.3 Å². The van der Waals surface area contributed by atoms with Crippen molar-refractivity contribution in [2.75, 3.05) is 19.5 Å². The molecule has 1 amide bonds. The first-order chi connectivity index (χ1) is 11.9. The van der Waals surface area contributed by atoms with Crippen molar-refractivity contribution in [1.29, 1.82) is 0 Å². The van der Waals surface area contributed by atoms with Gasteiger partial charge >= 0.3 is 5.97 Å². The summed E-state index contributed by atoms with van der Waals surface area (Å²) in [6.45, 7) is 1.60. The van der Waals surface area contributed by atoms with Crippen LogP contribution in [0.15, 0.2) is 42.5 Å². The molecule has 25 heavy (non-hydrogen) atoms. The lowest BCUT2D eigenvalue weighted by Crippen LogP contribution is -2.15. The summed E-state index contributed by atoms with van der Waals surface area (Å²) in [6.07, 6.45) is 0.110. The Morgan fingerprint density at radius 3 is 2.52 bits per heavy atom. The molecule has 2 aromatic rings. The van der Waals surface area contributed by atoms with Gasteiger partial charge in [0.1, 0.15) is 11.5 Å². The van der Waals surface area contributed by atoms with Crippen LogP contribution in [-0.4, -0.2) is 31.2 Å². The summed E-state index contributed by atoms with van der Waals surface area (Å²) in [7, 11) is 3.10. The minimum Gasteiger partial charge on any atom is -0.497 e. The smallest absolute Gasteiger partial charge is 0.310 e. The number of anilines is 1. The van der Waals surface area contributed by atoms with E-state index in [1.54, 1.807) is 63.6 Å². The maximum Gasteiger partial charge on any atom is 0.310 e. The van der Waals surface area contributed by atoms with Crippen molar-refractivity contribution >= 4 is 17.6 Å². The fraction of sp³-hybridized carbons (Fsp3) is 0.263. The number of hydrogen-bond acceptors (Lipinski definition) is 4. The first-order valence-corrected chi connectivity index (χ1v) is 7.78. The zero-order valence-corrected chi connectivity index (χ0v) is 14.4. The van der Waals surface area contributed by atoms with Crippen LogP contribution in [0.25, 0.3) is 0 Å². The van der Waals surface area contributed by atoms with Gasteiger partial charge < -0.3 is 19.9 Å². The lowest BCUT2D eigenvalue weighted by atomic mass is 10.0. The Balaban J connectivity index is 2.13. The summed E-state index contributed by atoms with van der Waals surface area (Å²) in [4.78, 5) is 23.4. The highest BCUT2D eigenvalue weighted by Gasteiger charge is 2.15. The lowest BCUT2D eigenvalue weighted by molar-refractivity contribution is -0.138. The number of carboxylic acid groups (broad SMARTS) is 1. The number of methoxy groups -OCH3 is 2. The van der Waals surface area contributed by atoms with Gasteiger partial charge in [-0.05, 0) is 42.8 Å². The van der Waals surface area contributed by atoms with Crippen molar-refractivity contribution in [3.8, 4) is 11.5 Å². The Bertz CT molecular complexity index is 772. The molecule has 0 saturated carbocycles. The number of carbonyl (C=O) groups is 2. The number of nitrogens with one attached hydrogen (secondary N) is 1. The van der Waals surface area contributed by atoms with Crippen molar-refractivity contribution in [3.05, 3.63) is 53.6 Å². The third-order valence-electron chi connectivity index (χ3n) is 3.88. The Hall–Kier alpha value is -3.02. The average Bonchev–Trinajstić information content (AvgIpc) is 2.60. The van der Waals surface area contributed by atoms with Crippen molar-refractivity contribution in [3.63, 3.8) is 0 Å². The molecule has 0 aliphatic carbocycles. The number of ether oxygens (including phenoxy) is 2. The molecule has 132 valence electrons. The monoisotopic (exact) mass is 343 g/mol. The number of benzene rings is 2. The van der Waals surface area contributed by atoms with Crippen molar-refractivity contribution in [2.24, 2.45) is 0 Å². The van der Waals surface area contributed by atoms with E-state index in [0.29, 0.717) is 28.3 Å². The highest BCUT2D eigenvalue weighted by Crippen LogP contribution is 2.25. The van der Waals surface area contributed by atoms with Crippen LogP contribution in [0, 0.1) is 0 Å². The molecule has 0 aliphatic rings.